The highest BCUT2D eigenvalue weighted by atomic mass is 19.1. The molecule has 2 amide bonds. The molecule has 2 fully saturated rings. The van der Waals surface area contributed by atoms with Crippen molar-refractivity contribution in [2.45, 2.75) is 37.4 Å². The van der Waals surface area contributed by atoms with E-state index in [1.165, 1.54) is 17.7 Å². The Morgan fingerprint density at radius 1 is 0.882 bits per heavy atom. The molecule has 2 saturated heterocycles. The van der Waals surface area contributed by atoms with E-state index in [4.69, 9.17) is 4.74 Å². The van der Waals surface area contributed by atoms with Crippen molar-refractivity contribution in [2.75, 3.05) is 18.4 Å². The van der Waals surface area contributed by atoms with E-state index in [0.29, 0.717) is 35.8 Å². The van der Waals surface area contributed by atoms with Crippen molar-refractivity contribution in [1.29, 1.82) is 0 Å². The second-order valence-electron chi connectivity index (χ2n) is 9.30. The second kappa shape index (κ2) is 8.40. The second-order valence-corrected chi connectivity index (χ2v) is 9.30. The van der Waals surface area contributed by atoms with E-state index in [1.54, 1.807) is 48.5 Å². The third kappa shape index (κ3) is 3.90. The van der Waals surface area contributed by atoms with Gasteiger partial charge in [-0.15, -0.1) is 0 Å². The lowest BCUT2D eigenvalue weighted by Crippen LogP contribution is -2.50. The van der Waals surface area contributed by atoms with Crippen LogP contribution in [0.2, 0.25) is 0 Å². The largest absolute Gasteiger partial charge is 0.457 e. The lowest BCUT2D eigenvalue weighted by atomic mass is 10.1. The molecule has 7 heteroatoms. The van der Waals surface area contributed by atoms with Gasteiger partial charge in [0.25, 0.3) is 0 Å². The number of hydrogen-bond donors (Lipinski definition) is 1. The van der Waals surface area contributed by atoms with Gasteiger partial charge in [-0.2, -0.15) is 0 Å². The van der Waals surface area contributed by atoms with Crippen molar-refractivity contribution in [3.8, 4) is 11.5 Å². The van der Waals surface area contributed by atoms with Crippen molar-refractivity contribution in [3.05, 3.63) is 89.5 Å². The van der Waals surface area contributed by atoms with Crippen LogP contribution in [0.4, 0.5) is 19.3 Å². The van der Waals surface area contributed by atoms with Gasteiger partial charge in [0.2, 0.25) is 0 Å². The normalized spacial score (nSPS) is 23.2. The van der Waals surface area contributed by atoms with Gasteiger partial charge < -0.3 is 15.0 Å². The van der Waals surface area contributed by atoms with Gasteiger partial charge in [0.15, 0.2) is 0 Å². The Hall–Kier alpha value is -3.45. The van der Waals surface area contributed by atoms with Crippen LogP contribution in [0.15, 0.2) is 66.7 Å². The van der Waals surface area contributed by atoms with E-state index >= 15 is 0 Å². The van der Waals surface area contributed by atoms with Crippen molar-refractivity contribution in [3.63, 3.8) is 0 Å². The molecular formula is C27H25F2N3O2. The molecule has 2 aliphatic heterocycles. The SMILES string of the molecule is O=C(Nc1ccc(Oc2ccc(F)cc2)cc1)N1CC2CC1CN2C1CCc2cc(F)ccc21. The average molecular weight is 462 g/mol. The molecule has 2 heterocycles. The molecule has 1 aliphatic carbocycles. The first kappa shape index (κ1) is 21.1. The van der Waals surface area contributed by atoms with Crippen molar-refractivity contribution in [2.24, 2.45) is 0 Å². The summed E-state index contributed by atoms with van der Waals surface area (Å²) in [5, 5.41) is 3.00. The van der Waals surface area contributed by atoms with Gasteiger partial charge in [0, 0.05) is 36.9 Å². The molecule has 3 atom stereocenters. The van der Waals surface area contributed by atoms with Crippen LogP contribution in [0.25, 0.3) is 0 Å². The minimum absolute atomic E-state index is 0.0896. The molecule has 0 radical (unpaired) electrons. The van der Waals surface area contributed by atoms with Crippen molar-refractivity contribution in [1.82, 2.24) is 9.80 Å². The number of nitrogens with zero attached hydrogens (tertiary/aromatic N) is 2. The minimum Gasteiger partial charge on any atom is -0.457 e. The smallest absolute Gasteiger partial charge is 0.322 e. The summed E-state index contributed by atoms with van der Waals surface area (Å²) >= 11 is 0. The number of aryl methyl sites for hydroxylation is 1. The summed E-state index contributed by atoms with van der Waals surface area (Å²) < 4.78 is 32.3. The summed E-state index contributed by atoms with van der Waals surface area (Å²) in [7, 11) is 0. The number of benzene rings is 3. The Morgan fingerprint density at radius 3 is 2.29 bits per heavy atom. The number of piperazine rings is 1. The van der Waals surface area contributed by atoms with Gasteiger partial charge in [-0.1, -0.05) is 6.07 Å². The van der Waals surface area contributed by atoms with E-state index in [2.05, 4.69) is 10.2 Å². The van der Waals surface area contributed by atoms with Crippen LogP contribution < -0.4 is 10.1 Å². The molecule has 6 rings (SSSR count). The number of carbonyl (C=O) groups is 1. The Morgan fingerprint density at radius 2 is 1.59 bits per heavy atom. The number of fused-ring (bicyclic) bond motifs is 3. The van der Waals surface area contributed by atoms with E-state index in [0.717, 1.165) is 31.4 Å². The molecule has 3 aliphatic rings. The number of carbonyl (C=O) groups excluding carboxylic acids is 1. The molecule has 3 unspecified atom stereocenters. The fourth-order valence-corrected chi connectivity index (χ4v) is 5.68. The third-order valence-electron chi connectivity index (χ3n) is 7.25. The third-order valence-corrected chi connectivity index (χ3v) is 7.25. The Bertz CT molecular complexity index is 1220. The molecule has 34 heavy (non-hydrogen) atoms. The van der Waals surface area contributed by atoms with Gasteiger partial charge in [-0.05, 0) is 91.1 Å². The predicted octanol–water partition coefficient (Wildman–Crippen LogP) is 5.74. The van der Waals surface area contributed by atoms with Gasteiger partial charge in [0.1, 0.15) is 23.1 Å². The fourth-order valence-electron chi connectivity index (χ4n) is 5.68. The van der Waals surface area contributed by atoms with Crippen LogP contribution in [-0.2, 0) is 6.42 Å². The zero-order valence-corrected chi connectivity index (χ0v) is 18.6. The van der Waals surface area contributed by atoms with Gasteiger partial charge in [-0.25, -0.2) is 13.6 Å². The maximum Gasteiger partial charge on any atom is 0.322 e. The van der Waals surface area contributed by atoms with E-state index in [1.807, 2.05) is 11.0 Å². The standard InChI is InChI=1S/C27H25F2N3O2/c28-18-2-7-23(8-3-18)34-24-9-5-20(6-10-24)30-27(33)32-16-21-14-22(32)15-31(21)26-12-1-17-13-19(29)4-11-25(17)26/h2-11,13,21-22,26H,1,12,14-16H2,(H,30,33). The first-order chi connectivity index (χ1) is 16.5. The number of halogens is 2. The maximum atomic E-state index is 13.6. The molecule has 2 bridgehead atoms. The zero-order valence-electron chi connectivity index (χ0n) is 18.6. The van der Waals surface area contributed by atoms with Crippen LogP contribution in [0.3, 0.4) is 0 Å². The van der Waals surface area contributed by atoms with E-state index < -0.39 is 0 Å². The molecule has 0 spiro atoms. The number of ether oxygens (including phenoxy) is 1. The lowest BCUT2D eigenvalue weighted by molar-refractivity contribution is 0.108. The Balaban J connectivity index is 1.06. The summed E-state index contributed by atoms with van der Waals surface area (Å²) in [5.41, 5.74) is 3.06. The summed E-state index contributed by atoms with van der Waals surface area (Å²) in [6.45, 7) is 1.55. The molecule has 3 aromatic rings. The molecule has 0 aromatic heterocycles. The fraction of sp³-hybridized carbons (Fsp3) is 0.296. The predicted molar refractivity (Wildman–Crippen MR) is 125 cm³/mol. The average Bonchev–Trinajstić information content (AvgIpc) is 3.55. The van der Waals surface area contributed by atoms with Crippen LogP contribution in [0, 0.1) is 11.6 Å². The Labute approximate surface area is 196 Å². The number of rotatable bonds is 4. The van der Waals surface area contributed by atoms with Crippen molar-refractivity contribution >= 4 is 11.7 Å². The van der Waals surface area contributed by atoms with Crippen LogP contribution in [0.1, 0.15) is 30.0 Å². The molecule has 3 aromatic carbocycles. The topological polar surface area (TPSA) is 44.8 Å². The summed E-state index contributed by atoms with van der Waals surface area (Å²) in [6, 6.07) is 18.9. The summed E-state index contributed by atoms with van der Waals surface area (Å²) in [6.07, 6.45) is 2.90. The molecule has 5 nitrogen and oxygen atoms in total. The van der Waals surface area contributed by atoms with Crippen LogP contribution >= 0.6 is 0 Å². The number of urea groups is 1. The van der Waals surface area contributed by atoms with Crippen molar-refractivity contribution < 1.29 is 18.3 Å². The Kier molecular flexibility index (Phi) is 5.21. The first-order valence-corrected chi connectivity index (χ1v) is 11.7. The number of hydrogen-bond acceptors (Lipinski definition) is 3. The summed E-state index contributed by atoms with van der Waals surface area (Å²) in [4.78, 5) is 17.4. The monoisotopic (exact) mass is 461 g/mol. The molecular weight excluding hydrogens is 436 g/mol. The zero-order chi connectivity index (χ0) is 23.2. The van der Waals surface area contributed by atoms with Crippen LogP contribution in [-0.4, -0.2) is 41.0 Å². The lowest BCUT2D eigenvalue weighted by Gasteiger charge is -2.38. The highest BCUT2D eigenvalue weighted by Crippen LogP contribution is 2.43. The van der Waals surface area contributed by atoms with Gasteiger partial charge >= 0.3 is 6.03 Å². The summed E-state index contributed by atoms with van der Waals surface area (Å²) in [5.74, 6) is 0.677. The molecule has 174 valence electrons. The van der Waals surface area contributed by atoms with E-state index in [9.17, 15) is 13.6 Å². The first-order valence-electron chi connectivity index (χ1n) is 11.7. The van der Waals surface area contributed by atoms with E-state index in [-0.39, 0.29) is 23.7 Å². The van der Waals surface area contributed by atoms with Gasteiger partial charge in [-0.3, -0.25) is 4.90 Å². The minimum atomic E-state index is -0.312. The highest BCUT2D eigenvalue weighted by Gasteiger charge is 2.48. The van der Waals surface area contributed by atoms with Crippen LogP contribution in [0.5, 0.6) is 11.5 Å². The molecule has 0 saturated carbocycles. The quantitative estimate of drug-likeness (QED) is 0.539. The molecule has 1 N–H and O–H groups in total. The number of amides is 2. The number of anilines is 1. The number of likely N-dealkylation sites (tertiary alicyclic amines) is 2. The highest BCUT2D eigenvalue weighted by molar-refractivity contribution is 5.90. The van der Waals surface area contributed by atoms with Gasteiger partial charge in [0.05, 0.1) is 0 Å². The maximum absolute atomic E-state index is 13.6. The number of nitrogens with one attached hydrogen (secondary N) is 1.